The van der Waals surface area contributed by atoms with Crippen LogP contribution in [0.15, 0.2) is 23.4 Å². The number of aryl methyl sites for hydroxylation is 1. The highest BCUT2D eigenvalue weighted by atomic mass is 32.2. The second-order valence-electron chi connectivity index (χ2n) is 5.19. The zero-order valence-electron chi connectivity index (χ0n) is 13.5. The molecule has 3 aromatic rings. The van der Waals surface area contributed by atoms with Crippen LogP contribution in [0.3, 0.4) is 0 Å². The highest BCUT2D eigenvalue weighted by molar-refractivity contribution is 7.92. The van der Waals surface area contributed by atoms with Gasteiger partial charge in [0.05, 0.1) is 12.8 Å². The first kappa shape index (κ1) is 17.9. The number of nitrogens with zero attached hydrogens (tertiary/aromatic N) is 4. The quantitative estimate of drug-likeness (QED) is 0.719. The summed E-state index contributed by atoms with van der Waals surface area (Å²) in [4.78, 5) is 7.46. The van der Waals surface area contributed by atoms with Crippen molar-refractivity contribution in [3.63, 3.8) is 0 Å². The number of ether oxygens (including phenoxy) is 1. The Hall–Kier alpha value is -2.89. The molecule has 1 aromatic carbocycles. The minimum atomic E-state index is -4.54. The number of rotatable bonds is 5. The summed E-state index contributed by atoms with van der Waals surface area (Å²) in [5.41, 5.74) is -0.856. The lowest BCUT2D eigenvalue weighted by molar-refractivity contribution is 0.380. The molecule has 0 amide bonds. The molecule has 0 atom stereocenters. The lowest BCUT2D eigenvalue weighted by atomic mass is 10.2. The molecule has 138 valence electrons. The summed E-state index contributed by atoms with van der Waals surface area (Å²) in [6.45, 7) is 0.419. The van der Waals surface area contributed by atoms with Gasteiger partial charge in [-0.2, -0.15) is 17.9 Å². The van der Waals surface area contributed by atoms with Crippen molar-refractivity contribution in [1.82, 2.24) is 19.6 Å². The lowest BCUT2D eigenvalue weighted by Gasteiger charge is -2.08. The molecular weight excluding hydrogens is 375 g/mol. The standard InChI is InChI=1S/C14H12F3N5O3S/c1-7-3-4-9(16)12(11(7)17)21-26(23,24)14-19-13-18-8(6-15)5-10(25-2)22(13)20-14/h3-5,21H,6H2,1-2H3. The Morgan fingerprint density at radius 2 is 2.00 bits per heavy atom. The summed E-state index contributed by atoms with van der Waals surface area (Å²) in [6, 6.07) is 3.30. The normalized spacial score (nSPS) is 11.7. The van der Waals surface area contributed by atoms with E-state index < -0.39 is 39.2 Å². The topological polar surface area (TPSA) is 98.5 Å². The van der Waals surface area contributed by atoms with E-state index in [0.717, 1.165) is 10.6 Å². The van der Waals surface area contributed by atoms with Crippen LogP contribution in [0.4, 0.5) is 18.9 Å². The van der Waals surface area contributed by atoms with E-state index >= 15 is 0 Å². The number of methoxy groups -OCH3 is 1. The second-order valence-corrected chi connectivity index (χ2v) is 6.76. The van der Waals surface area contributed by atoms with Gasteiger partial charge in [0.25, 0.3) is 21.0 Å². The van der Waals surface area contributed by atoms with Gasteiger partial charge in [-0.15, -0.1) is 5.10 Å². The van der Waals surface area contributed by atoms with E-state index in [9.17, 15) is 21.6 Å². The number of sulfonamides is 1. The van der Waals surface area contributed by atoms with Gasteiger partial charge in [-0.25, -0.2) is 18.2 Å². The maximum atomic E-state index is 14.0. The number of fused-ring (bicyclic) bond motifs is 1. The highest BCUT2D eigenvalue weighted by Gasteiger charge is 2.26. The van der Waals surface area contributed by atoms with Gasteiger partial charge in [0.2, 0.25) is 5.88 Å². The van der Waals surface area contributed by atoms with E-state index in [2.05, 4.69) is 15.1 Å². The van der Waals surface area contributed by atoms with Crippen molar-refractivity contribution in [3.05, 3.63) is 41.1 Å². The summed E-state index contributed by atoms with van der Waals surface area (Å²) >= 11 is 0. The van der Waals surface area contributed by atoms with Crippen molar-refractivity contribution < 1.29 is 26.3 Å². The number of halogens is 3. The van der Waals surface area contributed by atoms with Crippen molar-refractivity contribution in [2.75, 3.05) is 11.8 Å². The molecule has 26 heavy (non-hydrogen) atoms. The first-order valence-corrected chi connectivity index (χ1v) is 8.59. The number of hydrogen-bond acceptors (Lipinski definition) is 6. The molecule has 0 fully saturated rings. The third-order valence-electron chi connectivity index (χ3n) is 3.42. The molecular formula is C14H12F3N5O3S. The number of aromatic nitrogens is 4. The predicted molar refractivity (Wildman–Crippen MR) is 84.0 cm³/mol. The maximum absolute atomic E-state index is 14.0. The van der Waals surface area contributed by atoms with E-state index in [1.807, 2.05) is 0 Å². The smallest absolute Gasteiger partial charge is 0.299 e. The molecule has 0 saturated carbocycles. The Kier molecular flexibility index (Phi) is 4.44. The summed E-state index contributed by atoms with van der Waals surface area (Å²) in [5.74, 6) is -2.42. The number of alkyl halides is 1. The third-order valence-corrected chi connectivity index (χ3v) is 4.55. The van der Waals surface area contributed by atoms with Crippen LogP contribution in [0.5, 0.6) is 5.88 Å². The van der Waals surface area contributed by atoms with Gasteiger partial charge >= 0.3 is 0 Å². The Bertz CT molecular complexity index is 1100. The van der Waals surface area contributed by atoms with E-state index in [1.54, 1.807) is 4.72 Å². The number of anilines is 1. The lowest BCUT2D eigenvalue weighted by Crippen LogP contribution is -2.17. The Morgan fingerprint density at radius 3 is 2.65 bits per heavy atom. The molecule has 0 aliphatic heterocycles. The SMILES string of the molecule is COc1cc(CF)nc2nc(S(=O)(=O)Nc3c(F)ccc(C)c3F)nn12. The van der Waals surface area contributed by atoms with Crippen LogP contribution in [0.25, 0.3) is 5.78 Å². The Labute approximate surface area is 145 Å². The first-order chi connectivity index (χ1) is 12.3. The second kappa shape index (κ2) is 6.44. The summed E-state index contributed by atoms with van der Waals surface area (Å²) in [6.07, 6.45) is 0. The van der Waals surface area contributed by atoms with Gasteiger partial charge in [0, 0.05) is 6.07 Å². The van der Waals surface area contributed by atoms with Crippen LogP contribution in [0, 0.1) is 18.6 Å². The van der Waals surface area contributed by atoms with Gasteiger partial charge in [-0.05, 0) is 18.6 Å². The molecule has 0 spiro atoms. The monoisotopic (exact) mass is 387 g/mol. The predicted octanol–water partition coefficient (Wildman–Crippen LogP) is 1.99. The van der Waals surface area contributed by atoms with Crippen LogP contribution >= 0.6 is 0 Å². The molecule has 0 saturated heterocycles. The number of nitrogens with one attached hydrogen (secondary N) is 1. The van der Waals surface area contributed by atoms with Crippen LogP contribution in [0.1, 0.15) is 11.3 Å². The summed E-state index contributed by atoms with van der Waals surface area (Å²) < 4.78 is 73.2. The molecule has 1 N–H and O–H groups in total. The Morgan fingerprint density at radius 1 is 1.27 bits per heavy atom. The van der Waals surface area contributed by atoms with Gasteiger partial charge in [-0.3, -0.25) is 4.72 Å². The minimum absolute atomic E-state index is 0.00971. The van der Waals surface area contributed by atoms with Crippen molar-refractivity contribution in [2.45, 2.75) is 18.8 Å². The molecule has 12 heteroatoms. The van der Waals surface area contributed by atoms with E-state index in [-0.39, 0.29) is 22.9 Å². The fraction of sp³-hybridized carbons (Fsp3) is 0.214. The molecule has 8 nitrogen and oxygen atoms in total. The molecule has 0 aliphatic carbocycles. The molecule has 2 aromatic heterocycles. The zero-order chi connectivity index (χ0) is 19.1. The van der Waals surface area contributed by atoms with E-state index in [1.165, 1.54) is 26.2 Å². The Balaban J connectivity index is 2.09. The molecule has 0 aliphatic rings. The van der Waals surface area contributed by atoms with Crippen LogP contribution in [0.2, 0.25) is 0 Å². The maximum Gasteiger partial charge on any atom is 0.299 e. The van der Waals surface area contributed by atoms with Gasteiger partial charge in [0.1, 0.15) is 18.2 Å². The molecule has 0 radical (unpaired) electrons. The molecule has 3 rings (SSSR count). The molecule has 0 bridgehead atoms. The van der Waals surface area contributed by atoms with Crippen LogP contribution in [-0.2, 0) is 16.7 Å². The van der Waals surface area contributed by atoms with Crippen molar-refractivity contribution >= 4 is 21.5 Å². The van der Waals surface area contributed by atoms with Gasteiger partial charge < -0.3 is 4.74 Å². The van der Waals surface area contributed by atoms with E-state index in [0.29, 0.717) is 0 Å². The van der Waals surface area contributed by atoms with Crippen molar-refractivity contribution in [3.8, 4) is 5.88 Å². The van der Waals surface area contributed by atoms with Crippen LogP contribution in [-0.4, -0.2) is 35.1 Å². The number of benzene rings is 1. The van der Waals surface area contributed by atoms with Gasteiger partial charge in [-0.1, -0.05) is 6.07 Å². The summed E-state index contributed by atoms with van der Waals surface area (Å²) in [7, 11) is -3.28. The third kappa shape index (κ3) is 3.03. The van der Waals surface area contributed by atoms with Gasteiger partial charge in [0.15, 0.2) is 5.82 Å². The average molecular weight is 387 g/mol. The molecule has 2 heterocycles. The minimum Gasteiger partial charge on any atom is -0.481 e. The number of hydrogen-bond donors (Lipinski definition) is 1. The molecule has 0 unspecified atom stereocenters. The fourth-order valence-corrected chi connectivity index (χ4v) is 3.07. The largest absolute Gasteiger partial charge is 0.481 e. The summed E-state index contributed by atoms with van der Waals surface area (Å²) in [5, 5.41) is 2.90. The van der Waals surface area contributed by atoms with Crippen molar-refractivity contribution in [1.29, 1.82) is 0 Å². The zero-order valence-corrected chi connectivity index (χ0v) is 14.3. The average Bonchev–Trinajstić information content (AvgIpc) is 3.06. The first-order valence-electron chi connectivity index (χ1n) is 7.11. The highest BCUT2D eigenvalue weighted by Crippen LogP contribution is 2.24. The van der Waals surface area contributed by atoms with Crippen LogP contribution < -0.4 is 9.46 Å². The van der Waals surface area contributed by atoms with Crippen molar-refractivity contribution in [2.24, 2.45) is 0 Å². The van der Waals surface area contributed by atoms with E-state index in [4.69, 9.17) is 4.74 Å². The fourth-order valence-electron chi connectivity index (χ4n) is 2.13.